The topological polar surface area (TPSA) is 88.0 Å². The molecule has 0 atom stereocenters. The zero-order valence-corrected chi connectivity index (χ0v) is 12.2. The summed E-state index contributed by atoms with van der Waals surface area (Å²) in [6, 6.07) is 8.34. The number of carbonyl (C=O) groups is 1. The summed E-state index contributed by atoms with van der Waals surface area (Å²) >= 11 is 3.34. The van der Waals surface area contributed by atoms with Crippen molar-refractivity contribution in [3.8, 4) is 0 Å². The molecular formula is C14H9BrN4O2. The molecule has 0 saturated carbocycles. The number of hydrogen-bond acceptors (Lipinski definition) is 5. The molecule has 0 aliphatic carbocycles. The number of anilines is 2. The molecule has 0 unspecified atom stereocenters. The van der Waals surface area contributed by atoms with Gasteiger partial charge in [0, 0.05) is 16.9 Å². The van der Waals surface area contributed by atoms with Gasteiger partial charge in [-0.2, -0.15) is 0 Å². The maximum Gasteiger partial charge on any atom is 0.335 e. The summed E-state index contributed by atoms with van der Waals surface area (Å²) in [5, 5.41) is 12.1. The number of benzene rings is 1. The van der Waals surface area contributed by atoms with Crippen molar-refractivity contribution in [1.29, 1.82) is 0 Å². The molecule has 2 aromatic heterocycles. The van der Waals surface area contributed by atoms with E-state index in [9.17, 15) is 4.79 Å². The second-order valence-corrected chi connectivity index (χ2v) is 5.07. The number of hydrogen-bond donors (Lipinski definition) is 2. The van der Waals surface area contributed by atoms with Gasteiger partial charge in [-0.1, -0.05) is 0 Å². The first kappa shape index (κ1) is 13.4. The predicted octanol–water partition coefficient (Wildman–Crippen LogP) is 3.23. The Kier molecular flexibility index (Phi) is 3.49. The highest BCUT2D eigenvalue weighted by Crippen LogP contribution is 2.26. The van der Waals surface area contributed by atoms with Gasteiger partial charge in [-0.3, -0.25) is 4.98 Å². The van der Waals surface area contributed by atoms with E-state index in [2.05, 4.69) is 36.2 Å². The zero-order chi connectivity index (χ0) is 14.8. The van der Waals surface area contributed by atoms with E-state index >= 15 is 0 Å². The Bertz CT molecular complexity index is 838. The normalized spacial score (nSPS) is 10.5. The van der Waals surface area contributed by atoms with Crippen LogP contribution >= 0.6 is 15.9 Å². The van der Waals surface area contributed by atoms with Crippen molar-refractivity contribution in [1.82, 2.24) is 15.0 Å². The summed E-state index contributed by atoms with van der Waals surface area (Å²) in [5.41, 5.74) is 2.18. The van der Waals surface area contributed by atoms with Crippen LogP contribution in [0.3, 0.4) is 0 Å². The van der Waals surface area contributed by atoms with Crippen LogP contribution in [0, 0.1) is 0 Å². The van der Waals surface area contributed by atoms with Gasteiger partial charge in [-0.05, 0) is 46.3 Å². The standard InChI is InChI=1S/C14H9BrN4O2/c15-9-7-8(14(20)21)1-2-10(9)18-12-4-3-11-13(19-12)17-6-5-16-11/h1-7H,(H,20,21)(H,17,18,19). The molecule has 21 heavy (non-hydrogen) atoms. The van der Waals surface area contributed by atoms with Crippen LogP contribution in [0.15, 0.2) is 47.2 Å². The Morgan fingerprint density at radius 1 is 1.14 bits per heavy atom. The monoisotopic (exact) mass is 344 g/mol. The fraction of sp³-hybridized carbons (Fsp3) is 0. The van der Waals surface area contributed by atoms with Crippen LogP contribution in [0.4, 0.5) is 11.5 Å². The van der Waals surface area contributed by atoms with Gasteiger partial charge < -0.3 is 10.4 Å². The Balaban J connectivity index is 1.93. The van der Waals surface area contributed by atoms with Gasteiger partial charge in [-0.25, -0.2) is 14.8 Å². The van der Waals surface area contributed by atoms with Gasteiger partial charge in [0.1, 0.15) is 11.3 Å². The van der Waals surface area contributed by atoms with E-state index in [1.165, 1.54) is 12.1 Å². The van der Waals surface area contributed by atoms with Gasteiger partial charge >= 0.3 is 5.97 Å². The summed E-state index contributed by atoms with van der Waals surface area (Å²) in [4.78, 5) is 23.5. The molecule has 7 heteroatoms. The second kappa shape index (κ2) is 5.45. The van der Waals surface area contributed by atoms with Gasteiger partial charge in [0.2, 0.25) is 0 Å². The highest BCUT2D eigenvalue weighted by atomic mass is 79.9. The fourth-order valence-electron chi connectivity index (χ4n) is 1.81. The van der Waals surface area contributed by atoms with Crippen LogP contribution in [-0.2, 0) is 0 Å². The van der Waals surface area contributed by atoms with Crippen molar-refractivity contribution in [2.24, 2.45) is 0 Å². The first-order valence-corrected chi connectivity index (χ1v) is 6.80. The minimum atomic E-state index is -0.971. The van der Waals surface area contributed by atoms with E-state index in [0.717, 1.165) is 5.69 Å². The lowest BCUT2D eigenvalue weighted by molar-refractivity contribution is 0.0697. The molecule has 0 spiro atoms. The molecule has 2 heterocycles. The molecule has 6 nitrogen and oxygen atoms in total. The smallest absolute Gasteiger partial charge is 0.335 e. The number of nitrogens with zero attached hydrogens (tertiary/aromatic N) is 3. The molecule has 0 bridgehead atoms. The summed E-state index contributed by atoms with van der Waals surface area (Å²) in [6.45, 7) is 0. The minimum Gasteiger partial charge on any atom is -0.478 e. The first-order valence-electron chi connectivity index (χ1n) is 6.01. The average molecular weight is 345 g/mol. The Morgan fingerprint density at radius 3 is 2.71 bits per heavy atom. The highest BCUT2D eigenvalue weighted by Gasteiger charge is 2.08. The lowest BCUT2D eigenvalue weighted by atomic mass is 10.2. The van der Waals surface area contributed by atoms with Gasteiger partial charge in [0.05, 0.1) is 11.3 Å². The van der Waals surface area contributed by atoms with E-state index in [1.807, 2.05) is 6.07 Å². The lowest BCUT2D eigenvalue weighted by Crippen LogP contribution is -1.99. The second-order valence-electron chi connectivity index (χ2n) is 4.22. The molecule has 1 aromatic carbocycles. The lowest BCUT2D eigenvalue weighted by Gasteiger charge is -2.08. The highest BCUT2D eigenvalue weighted by molar-refractivity contribution is 9.10. The van der Waals surface area contributed by atoms with Crippen molar-refractivity contribution >= 4 is 44.6 Å². The Hall–Kier alpha value is -2.54. The van der Waals surface area contributed by atoms with E-state index in [-0.39, 0.29) is 5.56 Å². The third-order valence-electron chi connectivity index (χ3n) is 2.81. The molecule has 3 aromatic rings. The molecule has 0 amide bonds. The predicted molar refractivity (Wildman–Crippen MR) is 81.7 cm³/mol. The van der Waals surface area contributed by atoms with Crippen LogP contribution < -0.4 is 5.32 Å². The van der Waals surface area contributed by atoms with E-state index in [0.29, 0.717) is 21.5 Å². The number of rotatable bonds is 3. The number of pyridine rings is 1. The van der Waals surface area contributed by atoms with Crippen molar-refractivity contribution in [2.75, 3.05) is 5.32 Å². The van der Waals surface area contributed by atoms with Gasteiger partial charge in [-0.15, -0.1) is 0 Å². The fourth-order valence-corrected chi connectivity index (χ4v) is 2.29. The SMILES string of the molecule is O=C(O)c1ccc(Nc2ccc3nccnc3n2)c(Br)c1. The molecule has 0 aliphatic heterocycles. The quantitative estimate of drug-likeness (QED) is 0.758. The van der Waals surface area contributed by atoms with E-state index in [1.54, 1.807) is 24.5 Å². The third-order valence-corrected chi connectivity index (χ3v) is 3.47. The molecular weight excluding hydrogens is 336 g/mol. The van der Waals surface area contributed by atoms with Gasteiger partial charge in [0.15, 0.2) is 5.65 Å². The molecule has 0 aliphatic rings. The van der Waals surface area contributed by atoms with Crippen LogP contribution in [-0.4, -0.2) is 26.0 Å². The first-order chi connectivity index (χ1) is 10.1. The number of fused-ring (bicyclic) bond motifs is 1. The molecule has 3 rings (SSSR count). The van der Waals surface area contributed by atoms with Crippen LogP contribution in [0.5, 0.6) is 0 Å². The summed E-state index contributed by atoms with van der Waals surface area (Å²) in [5.74, 6) is -0.367. The molecule has 0 fully saturated rings. The third kappa shape index (κ3) is 2.82. The molecule has 2 N–H and O–H groups in total. The molecule has 0 radical (unpaired) electrons. The largest absolute Gasteiger partial charge is 0.478 e. The van der Waals surface area contributed by atoms with Gasteiger partial charge in [0.25, 0.3) is 0 Å². The molecule has 104 valence electrons. The van der Waals surface area contributed by atoms with E-state index in [4.69, 9.17) is 5.11 Å². The van der Waals surface area contributed by atoms with Crippen molar-refractivity contribution in [3.05, 3.63) is 52.8 Å². The number of aromatic nitrogens is 3. The minimum absolute atomic E-state index is 0.213. The number of halogens is 1. The molecule has 0 saturated heterocycles. The number of aromatic carboxylic acids is 1. The van der Waals surface area contributed by atoms with Crippen LogP contribution in [0.1, 0.15) is 10.4 Å². The summed E-state index contributed by atoms with van der Waals surface area (Å²) < 4.78 is 0.642. The van der Waals surface area contributed by atoms with Crippen molar-refractivity contribution in [2.45, 2.75) is 0 Å². The Morgan fingerprint density at radius 2 is 1.95 bits per heavy atom. The maximum absolute atomic E-state index is 10.9. The zero-order valence-electron chi connectivity index (χ0n) is 10.6. The van der Waals surface area contributed by atoms with Crippen LogP contribution in [0.25, 0.3) is 11.2 Å². The summed E-state index contributed by atoms with van der Waals surface area (Å²) in [6.07, 6.45) is 3.19. The van der Waals surface area contributed by atoms with Crippen molar-refractivity contribution in [3.63, 3.8) is 0 Å². The van der Waals surface area contributed by atoms with E-state index < -0.39 is 5.97 Å². The average Bonchev–Trinajstić information content (AvgIpc) is 2.49. The number of carboxylic acids is 1. The van der Waals surface area contributed by atoms with Crippen molar-refractivity contribution < 1.29 is 9.90 Å². The van der Waals surface area contributed by atoms with Crippen LogP contribution in [0.2, 0.25) is 0 Å². The maximum atomic E-state index is 10.9. The number of carboxylic acid groups (broad SMARTS) is 1. The Labute approximate surface area is 128 Å². The summed E-state index contributed by atoms with van der Waals surface area (Å²) in [7, 11) is 0. The number of nitrogens with one attached hydrogen (secondary N) is 1.